The molecule has 0 aliphatic rings. The fourth-order valence-electron chi connectivity index (χ4n) is 1.27. The summed E-state index contributed by atoms with van der Waals surface area (Å²) in [4.78, 5) is 10.7. The maximum Gasteiger partial charge on any atom is 0.150 e. The quantitative estimate of drug-likeness (QED) is 0.430. The molecule has 2 nitrogen and oxygen atoms in total. The van der Waals surface area contributed by atoms with Crippen molar-refractivity contribution in [3.8, 4) is 0 Å². The molecule has 2 rings (SSSR count). The van der Waals surface area contributed by atoms with Crippen molar-refractivity contribution >= 4 is 46.0 Å². The molecule has 0 saturated heterocycles. The van der Waals surface area contributed by atoms with Crippen molar-refractivity contribution in [3.63, 3.8) is 0 Å². The second kappa shape index (κ2) is 3.05. The first-order chi connectivity index (χ1) is 6.20. The molecule has 0 radical (unpaired) electrons. The summed E-state index contributed by atoms with van der Waals surface area (Å²) in [5, 5.41) is 0.930. The zero-order valence-corrected chi connectivity index (χ0v) is 8.36. The molecule has 1 heterocycles. The molecule has 0 aliphatic carbocycles. The van der Waals surface area contributed by atoms with E-state index in [0.717, 1.165) is 20.6 Å². The Labute approximate surface area is 84.8 Å². The largest absolute Gasteiger partial charge is 0.399 e. The summed E-state index contributed by atoms with van der Waals surface area (Å²) in [6.45, 7) is 0. The van der Waals surface area contributed by atoms with E-state index in [1.54, 1.807) is 6.07 Å². The van der Waals surface area contributed by atoms with Gasteiger partial charge >= 0.3 is 0 Å². The number of anilines is 1. The number of nitrogens with two attached hydrogens (primary N) is 1. The topological polar surface area (TPSA) is 43.1 Å². The Balaban J connectivity index is 2.88. The molecule has 13 heavy (non-hydrogen) atoms. The SMILES string of the molecule is Nc1cc(C=O)c2cc(S)sc2c1. The van der Waals surface area contributed by atoms with Crippen LogP contribution in [0.1, 0.15) is 10.4 Å². The Bertz CT molecular complexity index is 476. The van der Waals surface area contributed by atoms with Crippen LogP contribution in [-0.4, -0.2) is 6.29 Å². The Kier molecular flexibility index (Phi) is 2.01. The van der Waals surface area contributed by atoms with Gasteiger partial charge in [-0.15, -0.1) is 24.0 Å². The Morgan fingerprint density at radius 1 is 1.38 bits per heavy atom. The Hall–Kier alpha value is -1.00. The average molecular weight is 209 g/mol. The van der Waals surface area contributed by atoms with Crippen LogP contribution in [0.2, 0.25) is 0 Å². The van der Waals surface area contributed by atoms with Gasteiger partial charge in [0.1, 0.15) is 0 Å². The zero-order valence-electron chi connectivity index (χ0n) is 6.65. The minimum absolute atomic E-state index is 0.616. The number of hydrogen-bond acceptors (Lipinski definition) is 4. The van der Waals surface area contributed by atoms with Crippen molar-refractivity contribution in [1.82, 2.24) is 0 Å². The lowest BCUT2D eigenvalue weighted by Gasteiger charge is -1.96. The zero-order chi connectivity index (χ0) is 9.42. The summed E-state index contributed by atoms with van der Waals surface area (Å²) in [5.41, 5.74) is 6.88. The van der Waals surface area contributed by atoms with E-state index < -0.39 is 0 Å². The molecule has 1 aromatic heterocycles. The number of carbonyl (C=O) groups excluding carboxylic acids is 1. The van der Waals surface area contributed by atoms with Crippen molar-refractivity contribution in [3.05, 3.63) is 23.8 Å². The number of aldehydes is 1. The second-order valence-corrected chi connectivity index (χ2v) is 4.59. The first-order valence-corrected chi connectivity index (χ1v) is 4.94. The molecule has 66 valence electrons. The molecular formula is C9H7NOS2. The van der Waals surface area contributed by atoms with Crippen molar-refractivity contribution < 1.29 is 4.79 Å². The number of thiol groups is 1. The van der Waals surface area contributed by atoms with Gasteiger partial charge in [-0.1, -0.05) is 0 Å². The molecule has 0 spiro atoms. The van der Waals surface area contributed by atoms with E-state index in [0.29, 0.717) is 11.3 Å². The van der Waals surface area contributed by atoms with Crippen molar-refractivity contribution in [2.24, 2.45) is 0 Å². The number of benzene rings is 1. The number of nitrogen functional groups attached to an aromatic ring is 1. The van der Waals surface area contributed by atoms with E-state index in [4.69, 9.17) is 5.73 Å². The van der Waals surface area contributed by atoms with Gasteiger partial charge in [0.15, 0.2) is 6.29 Å². The van der Waals surface area contributed by atoms with E-state index in [1.807, 2.05) is 12.1 Å². The lowest BCUT2D eigenvalue weighted by Crippen LogP contribution is -1.87. The van der Waals surface area contributed by atoms with Gasteiger partial charge in [0.2, 0.25) is 0 Å². The van der Waals surface area contributed by atoms with Gasteiger partial charge in [0.25, 0.3) is 0 Å². The summed E-state index contributed by atoms with van der Waals surface area (Å²) in [6.07, 6.45) is 0.818. The molecule has 0 aliphatic heterocycles. The molecule has 0 atom stereocenters. The lowest BCUT2D eigenvalue weighted by atomic mass is 10.1. The molecular weight excluding hydrogens is 202 g/mol. The third-order valence-corrected chi connectivity index (χ3v) is 3.09. The third kappa shape index (κ3) is 1.43. The van der Waals surface area contributed by atoms with Crippen molar-refractivity contribution in [2.45, 2.75) is 4.21 Å². The van der Waals surface area contributed by atoms with Gasteiger partial charge in [-0.3, -0.25) is 4.79 Å². The van der Waals surface area contributed by atoms with Gasteiger partial charge in [-0.2, -0.15) is 0 Å². The van der Waals surface area contributed by atoms with E-state index in [2.05, 4.69) is 12.6 Å². The Morgan fingerprint density at radius 3 is 2.85 bits per heavy atom. The number of fused-ring (bicyclic) bond motifs is 1. The van der Waals surface area contributed by atoms with Crippen LogP contribution in [0.3, 0.4) is 0 Å². The number of rotatable bonds is 1. The Morgan fingerprint density at radius 2 is 2.15 bits per heavy atom. The summed E-state index contributed by atoms with van der Waals surface area (Å²) >= 11 is 5.75. The standard InChI is InChI=1S/C9H7NOS2/c10-6-1-5(4-11)7-3-9(12)13-8(7)2-6/h1-4,12H,10H2. The predicted octanol–water partition coefficient (Wildman–Crippen LogP) is 2.58. The normalized spacial score (nSPS) is 10.5. The maximum absolute atomic E-state index is 10.7. The molecule has 0 fully saturated rings. The number of hydrogen-bond donors (Lipinski definition) is 2. The van der Waals surface area contributed by atoms with Crippen LogP contribution in [0.5, 0.6) is 0 Å². The highest BCUT2D eigenvalue weighted by atomic mass is 32.2. The molecule has 0 unspecified atom stereocenters. The van der Waals surface area contributed by atoms with Gasteiger partial charge in [-0.05, 0) is 18.2 Å². The molecule has 0 bridgehead atoms. The first-order valence-electron chi connectivity index (χ1n) is 3.68. The van der Waals surface area contributed by atoms with Crippen LogP contribution in [0, 0.1) is 0 Å². The predicted molar refractivity (Wildman–Crippen MR) is 58.9 cm³/mol. The minimum atomic E-state index is 0.616. The van der Waals surface area contributed by atoms with Crippen LogP contribution in [0.15, 0.2) is 22.4 Å². The smallest absolute Gasteiger partial charge is 0.150 e. The van der Waals surface area contributed by atoms with Crippen LogP contribution in [-0.2, 0) is 0 Å². The molecule has 1 aromatic carbocycles. The third-order valence-electron chi connectivity index (χ3n) is 1.81. The van der Waals surface area contributed by atoms with Crippen LogP contribution >= 0.6 is 24.0 Å². The minimum Gasteiger partial charge on any atom is -0.399 e. The molecule has 4 heteroatoms. The fourth-order valence-corrected chi connectivity index (χ4v) is 2.58. The fraction of sp³-hybridized carbons (Fsp3) is 0. The van der Waals surface area contributed by atoms with E-state index in [1.165, 1.54) is 11.3 Å². The molecule has 2 N–H and O–H groups in total. The molecule has 0 amide bonds. The summed E-state index contributed by atoms with van der Waals surface area (Å²) in [7, 11) is 0. The highest BCUT2D eigenvalue weighted by Gasteiger charge is 2.05. The van der Waals surface area contributed by atoms with Crippen LogP contribution in [0.4, 0.5) is 5.69 Å². The van der Waals surface area contributed by atoms with E-state index in [-0.39, 0.29) is 0 Å². The van der Waals surface area contributed by atoms with Crippen molar-refractivity contribution in [2.75, 3.05) is 5.73 Å². The molecule has 0 saturated carbocycles. The van der Waals surface area contributed by atoms with Crippen molar-refractivity contribution in [1.29, 1.82) is 0 Å². The van der Waals surface area contributed by atoms with Gasteiger partial charge in [0, 0.05) is 21.3 Å². The van der Waals surface area contributed by atoms with Gasteiger partial charge < -0.3 is 5.73 Å². The first kappa shape index (κ1) is 8.59. The van der Waals surface area contributed by atoms with Gasteiger partial charge in [0.05, 0.1) is 4.21 Å². The maximum atomic E-state index is 10.7. The number of carbonyl (C=O) groups is 1. The number of thiophene rings is 1. The van der Waals surface area contributed by atoms with E-state index >= 15 is 0 Å². The monoisotopic (exact) mass is 209 g/mol. The second-order valence-electron chi connectivity index (χ2n) is 2.72. The average Bonchev–Trinajstić information content (AvgIpc) is 2.43. The molecule has 2 aromatic rings. The highest BCUT2D eigenvalue weighted by molar-refractivity contribution is 7.83. The van der Waals surface area contributed by atoms with Crippen LogP contribution in [0.25, 0.3) is 10.1 Å². The summed E-state index contributed by atoms with van der Waals surface area (Å²) in [5.74, 6) is 0. The summed E-state index contributed by atoms with van der Waals surface area (Å²) in [6, 6.07) is 5.41. The van der Waals surface area contributed by atoms with Gasteiger partial charge in [-0.25, -0.2) is 0 Å². The highest BCUT2D eigenvalue weighted by Crippen LogP contribution is 2.31. The van der Waals surface area contributed by atoms with E-state index in [9.17, 15) is 4.79 Å². The van der Waals surface area contributed by atoms with Crippen LogP contribution < -0.4 is 5.73 Å². The summed E-state index contributed by atoms with van der Waals surface area (Å²) < 4.78 is 1.90. The lowest BCUT2D eigenvalue weighted by molar-refractivity contribution is 0.112.